The zero-order chi connectivity index (χ0) is 14.7. The molecular weight excluding hydrogens is 260 g/mol. The molecule has 0 radical (unpaired) electrons. The van der Waals surface area contributed by atoms with Gasteiger partial charge in [-0.3, -0.25) is 9.59 Å². The minimum atomic E-state index is -1.01. The van der Waals surface area contributed by atoms with Gasteiger partial charge in [0, 0.05) is 12.3 Å². The van der Waals surface area contributed by atoms with Gasteiger partial charge in [0.1, 0.15) is 6.04 Å². The van der Waals surface area contributed by atoms with E-state index in [-0.39, 0.29) is 23.8 Å². The van der Waals surface area contributed by atoms with Crippen molar-refractivity contribution in [1.29, 1.82) is 0 Å². The molecule has 1 fully saturated rings. The lowest BCUT2D eigenvalue weighted by molar-refractivity contribution is -0.128. The van der Waals surface area contributed by atoms with Gasteiger partial charge in [0.05, 0.1) is 5.56 Å². The van der Waals surface area contributed by atoms with E-state index in [0.29, 0.717) is 0 Å². The normalized spacial score (nSPS) is 15.4. The highest BCUT2D eigenvalue weighted by Gasteiger charge is 2.32. The maximum atomic E-state index is 11.7. The van der Waals surface area contributed by atoms with E-state index in [1.165, 1.54) is 12.1 Å². The average molecular weight is 276 g/mol. The van der Waals surface area contributed by atoms with E-state index in [1.54, 1.807) is 12.1 Å². The molecule has 1 atom stereocenters. The number of carboxylic acids is 1. The fourth-order valence-electron chi connectivity index (χ4n) is 1.88. The molecule has 1 saturated carbocycles. The first-order valence-corrected chi connectivity index (χ1v) is 6.39. The number of benzene rings is 1. The van der Waals surface area contributed by atoms with Crippen LogP contribution in [-0.2, 0) is 16.0 Å². The topological polar surface area (TPSA) is 109 Å². The summed E-state index contributed by atoms with van der Waals surface area (Å²) in [6, 6.07) is 5.38. The van der Waals surface area contributed by atoms with Gasteiger partial charge in [0.2, 0.25) is 11.8 Å². The molecule has 1 aliphatic carbocycles. The molecule has 4 N–H and O–H groups in total. The Bertz CT molecular complexity index is 535. The number of carbonyl (C=O) groups excluding carboxylic acids is 2. The first-order valence-electron chi connectivity index (χ1n) is 6.39. The van der Waals surface area contributed by atoms with Gasteiger partial charge >= 0.3 is 5.97 Å². The molecule has 20 heavy (non-hydrogen) atoms. The Balaban J connectivity index is 2.01. The number of rotatable bonds is 6. The van der Waals surface area contributed by atoms with Gasteiger partial charge in [-0.2, -0.15) is 0 Å². The molecule has 106 valence electrons. The number of amides is 2. The Labute approximate surface area is 116 Å². The second-order valence-corrected chi connectivity index (χ2v) is 4.94. The Morgan fingerprint density at radius 3 is 2.30 bits per heavy atom. The van der Waals surface area contributed by atoms with Crippen molar-refractivity contribution in [2.24, 2.45) is 11.7 Å². The maximum absolute atomic E-state index is 11.7. The number of carbonyl (C=O) groups is 3. The third kappa shape index (κ3) is 3.57. The summed E-state index contributed by atoms with van der Waals surface area (Å²) in [5.41, 5.74) is 6.20. The van der Waals surface area contributed by atoms with Gasteiger partial charge in [0.15, 0.2) is 0 Å². The summed E-state index contributed by atoms with van der Waals surface area (Å²) in [7, 11) is 0. The Morgan fingerprint density at radius 1 is 1.25 bits per heavy atom. The van der Waals surface area contributed by atoms with E-state index in [2.05, 4.69) is 5.32 Å². The third-order valence-electron chi connectivity index (χ3n) is 3.25. The van der Waals surface area contributed by atoms with Crippen LogP contribution < -0.4 is 11.1 Å². The Morgan fingerprint density at radius 2 is 1.85 bits per heavy atom. The Hall–Kier alpha value is -2.37. The van der Waals surface area contributed by atoms with Crippen molar-refractivity contribution in [3.05, 3.63) is 35.4 Å². The lowest BCUT2D eigenvalue weighted by Crippen LogP contribution is -2.46. The molecular formula is C14H16N2O4. The van der Waals surface area contributed by atoms with Crippen molar-refractivity contribution in [3.8, 4) is 0 Å². The van der Waals surface area contributed by atoms with E-state index >= 15 is 0 Å². The summed E-state index contributed by atoms with van der Waals surface area (Å²) in [5.74, 6) is -1.74. The zero-order valence-electron chi connectivity index (χ0n) is 10.8. The highest BCUT2D eigenvalue weighted by Crippen LogP contribution is 2.28. The lowest BCUT2D eigenvalue weighted by atomic mass is 10.0. The van der Waals surface area contributed by atoms with Crippen molar-refractivity contribution in [3.63, 3.8) is 0 Å². The van der Waals surface area contributed by atoms with E-state index in [9.17, 15) is 14.4 Å². The predicted octanol–water partition coefficient (Wildman–Crippen LogP) is 0.307. The van der Waals surface area contributed by atoms with E-state index in [1.807, 2.05) is 0 Å². The number of carboxylic acid groups (broad SMARTS) is 1. The molecule has 1 aromatic carbocycles. The van der Waals surface area contributed by atoms with Crippen LogP contribution in [0.25, 0.3) is 0 Å². The number of hydrogen-bond donors (Lipinski definition) is 3. The highest BCUT2D eigenvalue weighted by molar-refractivity contribution is 5.89. The molecule has 1 aromatic rings. The van der Waals surface area contributed by atoms with Crippen LogP contribution in [0, 0.1) is 5.92 Å². The van der Waals surface area contributed by atoms with Gasteiger partial charge in [-0.25, -0.2) is 4.79 Å². The number of nitrogens with one attached hydrogen (secondary N) is 1. The second-order valence-electron chi connectivity index (χ2n) is 4.94. The molecule has 6 heteroatoms. The largest absolute Gasteiger partial charge is 0.478 e. The van der Waals surface area contributed by atoms with E-state index in [4.69, 9.17) is 10.8 Å². The predicted molar refractivity (Wildman–Crippen MR) is 71.0 cm³/mol. The van der Waals surface area contributed by atoms with Crippen molar-refractivity contribution < 1.29 is 19.5 Å². The SMILES string of the molecule is NC(=O)[C@H](Cc1ccc(C(=O)O)cc1)NC(=O)C1CC1. The number of nitrogens with two attached hydrogens (primary N) is 1. The zero-order valence-corrected chi connectivity index (χ0v) is 10.8. The second kappa shape index (κ2) is 5.73. The monoisotopic (exact) mass is 276 g/mol. The van der Waals surface area contributed by atoms with Crippen LogP contribution in [0.1, 0.15) is 28.8 Å². The molecule has 1 aliphatic rings. The van der Waals surface area contributed by atoms with Crippen LogP contribution in [0.4, 0.5) is 0 Å². The van der Waals surface area contributed by atoms with Crippen LogP contribution >= 0.6 is 0 Å². The van der Waals surface area contributed by atoms with Crippen LogP contribution in [0.3, 0.4) is 0 Å². The minimum absolute atomic E-state index is 0.00577. The summed E-state index contributed by atoms with van der Waals surface area (Å²) < 4.78 is 0. The van der Waals surface area contributed by atoms with Crippen LogP contribution in [0.5, 0.6) is 0 Å². The number of hydrogen-bond acceptors (Lipinski definition) is 3. The fraction of sp³-hybridized carbons (Fsp3) is 0.357. The van der Waals surface area contributed by atoms with Crippen molar-refractivity contribution in [1.82, 2.24) is 5.32 Å². The molecule has 0 unspecified atom stereocenters. The standard InChI is InChI=1S/C14H16N2O4/c15-12(17)11(16-13(18)9-5-6-9)7-8-1-3-10(4-2-8)14(19)20/h1-4,9,11H,5-7H2,(H2,15,17)(H,16,18)(H,19,20)/t11-/m0/s1. The molecule has 0 bridgehead atoms. The van der Waals surface area contributed by atoms with Gasteiger partial charge in [-0.1, -0.05) is 12.1 Å². The number of aromatic carboxylic acids is 1. The quantitative estimate of drug-likeness (QED) is 0.694. The summed E-state index contributed by atoms with van der Waals surface area (Å²) in [4.78, 5) is 33.8. The first kappa shape index (κ1) is 14.0. The maximum Gasteiger partial charge on any atom is 0.335 e. The average Bonchev–Trinajstić information content (AvgIpc) is 3.22. The summed E-state index contributed by atoms with van der Waals surface area (Å²) in [5, 5.41) is 11.4. The molecule has 0 aliphatic heterocycles. The molecule has 6 nitrogen and oxygen atoms in total. The van der Waals surface area contributed by atoms with Crippen LogP contribution in [-0.4, -0.2) is 28.9 Å². The summed E-state index contributed by atoms with van der Waals surface area (Å²) >= 11 is 0. The fourth-order valence-corrected chi connectivity index (χ4v) is 1.88. The molecule has 2 rings (SSSR count). The van der Waals surface area contributed by atoms with Crippen molar-refractivity contribution in [2.45, 2.75) is 25.3 Å². The van der Waals surface area contributed by atoms with Crippen molar-refractivity contribution >= 4 is 17.8 Å². The lowest BCUT2D eigenvalue weighted by Gasteiger charge is -2.15. The van der Waals surface area contributed by atoms with Crippen molar-refractivity contribution in [2.75, 3.05) is 0 Å². The first-order chi connectivity index (χ1) is 9.47. The van der Waals surface area contributed by atoms with Crippen LogP contribution in [0.2, 0.25) is 0 Å². The smallest absolute Gasteiger partial charge is 0.335 e. The number of primary amides is 1. The van der Waals surface area contributed by atoms with Gasteiger partial charge in [-0.15, -0.1) is 0 Å². The molecule has 0 saturated heterocycles. The van der Waals surface area contributed by atoms with E-state index < -0.39 is 17.9 Å². The van der Waals surface area contributed by atoms with Crippen LogP contribution in [0.15, 0.2) is 24.3 Å². The Kier molecular flexibility index (Phi) is 4.02. The van der Waals surface area contributed by atoms with Gasteiger partial charge in [0.25, 0.3) is 0 Å². The summed E-state index contributed by atoms with van der Waals surface area (Å²) in [6.45, 7) is 0. The van der Waals surface area contributed by atoms with Gasteiger partial charge < -0.3 is 16.2 Å². The van der Waals surface area contributed by atoms with Gasteiger partial charge in [-0.05, 0) is 30.5 Å². The molecule has 2 amide bonds. The molecule has 0 heterocycles. The third-order valence-corrected chi connectivity index (χ3v) is 3.25. The van der Waals surface area contributed by atoms with E-state index in [0.717, 1.165) is 18.4 Å². The summed E-state index contributed by atoms with van der Waals surface area (Å²) in [6.07, 6.45) is 1.96. The molecule has 0 spiro atoms. The molecule has 0 aromatic heterocycles. The highest BCUT2D eigenvalue weighted by atomic mass is 16.4. The minimum Gasteiger partial charge on any atom is -0.478 e.